The molecule has 0 aromatic carbocycles. The second-order valence-corrected chi connectivity index (χ2v) is 5.22. The smallest absolute Gasteiger partial charge is 0.369 e. The highest BCUT2D eigenvalue weighted by Crippen LogP contribution is 2.43. The average molecular weight is 302 g/mol. The van der Waals surface area contributed by atoms with Crippen LogP contribution in [0, 0.1) is 5.92 Å². The summed E-state index contributed by atoms with van der Waals surface area (Å²) in [5.74, 6) is -1.68. The Hall–Kier alpha value is -1.70. The Morgan fingerprint density at radius 3 is 2.33 bits per heavy atom. The van der Waals surface area contributed by atoms with Crippen molar-refractivity contribution in [2.45, 2.75) is 30.9 Å². The van der Waals surface area contributed by atoms with E-state index in [9.17, 15) is 18.0 Å². The number of amides is 1. The minimum Gasteiger partial charge on any atom is -0.369 e. The minimum absolute atomic E-state index is 0.137. The van der Waals surface area contributed by atoms with Gasteiger partial charge in [-0.05, 0) is 37.9 Å². The van der Waals surface area contributed by atoms with Gasteiger partial charge in [0.05, 0.1) is 6.42 Å². The zero-order chi connectivity index (χ0) is 15.5. The van der Waals surface area contributed by atoms with Crippen molar-refractivity contribution in [1.82, 2.24) is 15.3 Å². The molecular formula is C13H17F3N4O. The molecule has 8 heteroatoms. The minimum atomic E-state index is -4.53. The van der Waals surface area contributed by atoms with E-state index >= 15 is 0 Å². The predicted molar refractivity (Wildman–Crippen MR) is 69.2 cm³/mol. The van der Waals surface area contributed by atoms with Gasteiger partial charge in [-0.3, -0.25) is 4.79 Å². The normalized spacial score (nSPS) is 20.0. The number of aromatic nitrogens is 2. The van der Waals surface area contributed by atoms with Gasteiger partial charge in [-0.1, -0.05) is 0 Å². The number of nitrogens with one attached hydrogen (secondary N) is 1. The third-order valence-electron chi connectivity index (χ3n) is 3.92. The summed E-state index contributed by atoms with van der Waals surface area (Å²) < 4.78 is 39.2. The molecule has 3 N–H and O–H groups in total. The molecule has 1 saturated heterocycles. The number of carbonyl (C=O) groups is 1. The number of alkyl halides is 3. The molecule has 0 bridgehead atoms. The summed E-state index contributed by atoms with van der Waals surface area (Å²) in [6.45, 7) is 1.09. The average Bonchev–Trinajstić information content (AvgIpc) is 2.45. The number of hydrogen-bond donors (Lipinski definition) is 2. The van der Waals surface area contributed by atoms with Crippen LogP contribution in [-0.2, 0) is 10.2 Å². The summed E-state index contributed by atoms with van der Waals surface area (Å²) in [6.07, 6.45) is -2.34. The number of nitrogens with two attached hydrogens (primary N) is 1. The van der Waals surface area contributed by atoms with Crippen LogP contribution in [0.25, 0.3) is 0 Å². The molecule has 1 unspecified atom stereocenters. The van der Waals surface area contributed by atoms with Crippen LogP contribution in [0.1, 0.15) is 25.1 Å². The fourth-order valence-corrected chi connectivity index (χ4v) is 2.96. The summed E-state index contributed by atoms with van der Waals surface area (Å²) in [7, 11) is 0. The molecule has 0 radical (unpaired) electrons. The number of primary amides is 1. The van der Waals surface area contributed by atoms with Crippen molar-refractivity contribution in [3.63, 3.8) is 0 Å². The van der Waals surface area contributed by atoms with Crippen molar-refractivity contribution >= 4 is 5.91 Å². The largest absolute Gasteiger partial charge is 0.390 e. The number of carbonyl (C=O) groups excluding carboxylic acids is 1. The molecule has 2 heterocycles. The first kappa shape index (κ1) is 15.7. The Bertz CT molecular complexity index is 488. The Balaban J connectivity index is 2.51. The van der Waals surface area contributed by atoms with E-state index in [0.29, 0.717) is 25.9 Å². The number of rotatable bonds is 4. The summed E-state index contributed by atoms with van der Waals surface area (Å²) >= 11 is 0. The third-order valence-corrected chi connectivity index (χ3v) is 3.92. The van der Waals surface area contributed by atoms with Gasteiger partial charge in [-0.25, -0.2) is 9.97 Å². The zero-order valence-electron chi connectivity index (χ0n) is 11.4. The summed E-state index contributed by atoms with van der Waals surface area (Å²) in [4.78, 5) is 19.8. The Labute approximate surface area is 120 Å². The first-order chi connectivity index (χ1) is 9.86. The molecule has 1 aliphatic heterocycles. The van der Waals surface area contributed by atoms with Crippen LogP contribution in [-0.4, -0.2) is 35.1 Å². The van der Waals surface area contributed by atoms with Gasteiger partial charge in [0, 0.05) is 12.4 Å². The van der Waals surface area contributed by atoms with Crippen molar-refractivity contribution < 1.29 is 18.0 Å². The number of halogens is 3. The van der Waals surface area contributed by atoms with E-state index in [2.05, 4.69) is 15.3 Å². The maximum absolute atomic E-state index is 13.1. The lowest BCUT2D eigenvalue weighted by atomic mass is 9.67. The summed E-state index contributed by atoms with van der Waals surface area (Å²) in [6, 6.07) is 1.49. The fourth-order valence-electron chi connectivity index (χ4n) is 2.96. The molecule has 2 rings (SSSR count). The highest BCUT2D eigenvalue weighted by atomic mass is 19.4. The van der Waals surface area contributed by atoms with Crippen LogP contribution in [0.5, 0.6) is 0 Å². The highest BCUT2D eigenvalue weighted by Gasteiger charge is 2.54. The van der Waals surface area contributed by atoms with Gasteiger partial charge in [0.2, 0.25) is 5.91 Å². The predicted octanol–water partition coefficient (Wildman–Crippen LogP) is 1.15. The van der Waals surface area contributed by atoms with Crippen molar-refractivity contribution in [3.8, 4) is 0 Å². The summed E-state index contributed by atoms with van der Waals surface area (Å²) in [5.41, 5.74) is 3.50. The molecule has 116 valence electrons. The summed E-state index contributed by atoms with van der Waals surface area (Å²) in [5, 5.41) is 3.07. The van der Waals surface area contributed by atoms with Crippen LogP contribution >= 0.6 is 0 Å². The van der Waals surface area contributed by atoms with Crippen LogP contribution < -0.4 is 11.1 Å². The van der Waals surface area contributed by atoms with Gasteiger partial charge in [0.25, 0.3) is 0 Å². The lowest BCUT2D eigenvalue weighted by Gasteiger charge is -2.39. The molecule has 1 fully saturated rings. The van der Waals surface area contributed by atoms with Gasteiger partial charge in [0.1, 0.15) is 11.2 Å². The molecule has 1 atom stereocenters. The molecule has 1 aliphatic rings. The van der Waals surface area contributed by atoms with Crippen molar-refractivity contribution in [3.05, 3.63) is 24.3 Å². The van der Waals surface area contributed by atoms with Crippen LogP contribution in [0.3, 0.4) is 0 Å². The van der Waals surface area contributed by atoms with Gasteiger partial charge in [-0.15, -0.1) is 0 Å². The van der Waals surface area contributed by atoms with Crippen molar-refractivity contribution in [1.29, 1.82) is 0 Å². The first-order valence-electron chi connectivity index (χ1n) is 6.71. The maximum Gasteiger partial charge on any atom is 0.390 e. The second kappa shape index (κ2) is 5.97. The van der Waals surface area contributed by atoms with E-state index in [1.54, 1.807) is 0 Å². The van der Waals surface area contributed by atoms with E-state index in [1.807, 2.05) is 0 Å². The van der Waals surface area contributed by atoms with Gasteiger partial charge in [-0.2, -0.15) is 13.2 Å². The van der Waals surface area contributed by atoms with E-state index in [4.69, 9.17) is 5.73 Å². The maximum atomic E-state index is 13.1. The van der Waals surface area contributed by atoms with Crippen molar-refractivity contribution in [2.75, 3.05) is 13.1 Å². The molecule has 1 aromatic heterocycles. The van der Waals surface area contributed by atoms with Gasteiger partial charge >= 0.3 is 6.18 Å². The van der Waals surface area contributed by atoms with Crippen LogP contribution in [0.15, 0.2) is 18.5 Å². The number of nitrogens with zero attached hydrogens (tertiary/aromatic N) is 2. The van der Waals surface area contributed by atoms with Crippen LogP contribution in [0.4, 0.5) is 13.2 Å². The molecule has 0 aliphatic carbocycles. The van der Waals surface area contributed by atoms with E-state index < -0.39 is 29.8 Å². The highest BCUT2D eigenvalue weighted by molar-refractivity contribution is 5.86. The fraction of sp³-hybridized carbons (Fsp3) is 0.615. The molecular weight excluding hydrogens is 285 g/mol. The van der Waals surface area contributed by atoms with Crippen LogP contribution in [0.2, 0.25) is 0 Å². The van der Waals surface area contributed by atoms with E-state index in [1.165, 1.54) is 18.5 Å². The van der Waals surface area contributed by atoms with Crippen molar-refractivity contribution in [2.24, 2.45) is 11.7 Å². The molecule has 1 amide bonds. The van der Waals surface area contributed by atoms with E-state index in [-0.39, 0.29) is 5.82 Å². The zero-order valence-corrected chi connectivity index (χ0v) is 11.4. The second-order valence-electron chi connectivity index (χ2n) is 5.22. The molecule has 0 saturated carbocycles. The lowest BCUT2D eigenvalue weighted by Crippen LogP contribution is -2.53. The third kappa shape index (κ3) is 3.31. The SMILES string of the molecule is NC(=O)C(CC(F)(F)F)(c1ncccn1)C1CCNCC1. The Morgan fingerprint density at radius 1 is 1.29 bits per heavy atom. The first-order valence-corrected chi connectivity index (χ1v) is 6.71. The number of piperidine rings is 1. The lowest BCUT2D eigenvalue weighted by molar-refractivity contribution is -0.164. The molecule has 0 spiro atoms. The topological polar surface area (TPSA) is 80.9 Å². The standard InChI is InChI=1S/C13H17F3N4O/c14-13(15,16)8-12(10(17)21,9-2-6-18-7-3-9)11-19-4-1-5-20-11/h1,4-5,9,18H,2-3,6-8H2,(H2,17,21). The van der Waals surface area contributed by atoms with Gasteiger partial charge in [0.15, 0.2) is 0 Å². The van der Waals surface area contributed by atoms with E-state index in [0.717, 1.165) is 0 Å². The molecule has 5 nitrogen and oxygen atoms in total. The monoisotopic (exact) mass is 302 g/mol. The number of hydrogen-bond acceptors (Lipinski definition) is 4. The van der Waals surface area contributed by atoms with Gasteiger partial charge < -0.3 is 11.1 Å². The molecule has 21 heavy (non-hydrogen) atoms. The quantitative estimate of drug-likeness (QED) is 0.874. The Morgan fingerprint density at radius 2 is 1.86 bits per heavy atom. The molecule has 1 aromatic rings. The Kier molecular flexibility index (Phi) is 4.46.